The summed E-state index contributed by atoms with van der Waals surface area (Å²) in [6.45, 7) is 4.06. The summed E-state index contributed by atoms with van der Waals surface area (Å²) < 4.78 is 25.2. The van der Waals surface area contributed by atoms with Crippen LogP contribution in [0.3, 0.4) is 0 Å². The van der Waals surface area contributed by atoms with Crippen molar-refractivity contribution < 1.29 is 13.9 Å². The van der Waals surface area contributed by atoms with Crippen LogP contribution in [0.4, 0.5) is 10.1 Å². The van der Waals surface area contributed by atoms with Gasteiger partial charge >= 0.3 is 0 Å². The Bertz CT molecular complexity index is 795. The second-order valence-electron chi connectivity index (χ2n) is 6.60. The van der Waals surface area contributed by atoms with Gasteiger partial charge in [0.05, 0.1) is 18.8 Å². The molecule has 3 rings (SSSR count). The maximum atomic E-state index is 13.8. The molecule has 1 atom stereocenters. The first kappa shape index (κ1) is 17.5. The fraction of sp³-hybridized carbons (Fsp3) is 0.316. The smallest absolute Gasteiger partial charge is 0.171 e. The van der Waals surface area contributed by atoms with Crippen molar-refractivity contribution in [2.24, 2.45) is 0 Å². The Hall–Kier alpha value is -2.34. The second-order valence-corrected chi connectivity index (χ2v) is 7.01. The first-order chi connectivity index (χ1) is 11.9. The molecule has 2 N–H and O–H groups in total. The quantitative estimate of drug-likeness (QED) is 0.793. The van der Waals surface area contributed by atoms with Crippen molar-refractivity contribution in [1.82, 2.24) is 5.32 Å². The molecule has 25 heavy (non-hydrogen) atoms. The van der Waals surface area contributed by atoms with Crippen LogP contribution in [0.2, 0.25) is 0 Å². The largest absolute Gasteiger partial charge is 0.497 e. The first-order valence-electron chi connectivity index (χ1n) is 8.07. The average Bonchev–Trinajstić information content (AvgIpc) is 2.55. The van der Waals surface area contributed by atoms with E-state index in [0.29, 0.717) is 17.2 Å². The molecule has 2 aromatic carbocycles. The van der Waals surface area contributed by atoms with Crippen LogP contribution in [0.5, 0.6) is 11.5 Å². The molecule has 1 heterocycles. The number of hydrogen-bond donors (Lipinski definition) is 2. The van der Waals surface area contributed by atoms with E-state index in [0.717, 1.165) is 17.1 Å². The third-order valence-corrected chi connectivity index (χ3v) is 4.32. The van der Waals surface area contributed by atoms with E-state index in [-0.39, 0.29) is 17.5 Å². The van der Waals surface area contributed by atoms with Crippen molar-refractivity contribution >= 4 is 23.0 Å². The molecule has 0 aromatic heterocycles. The number of halogens is 1. The zero-order valence-electron chi connectivity index (χ0n) is 14.4. The second kappa shape index (κ2) is 6.88. The molecule has 1 aliphatic rings. The molecular formula is C19H21FN2O2S. The van der Waals surface area contributed by atoms with Gasteiger partial charge in [0.1, 0.15) is 22.9 Å². The Morgan fingerprint density at radius 3 is 2.76 bits per heavy atom. The predicted molar refractivity (Wildman–Crippen MR) is 101 cm³/mol. The van der Waals surface area contributed by atoms with Crippen LogP contribution in [0, 0.1) is 5.82 Å². The van der Waals surface area contributed by atoms with Crippen molar-refractivity contribution in [2.45, 2.75) is 31.9 Å². The van der Waals surface area contributed by atoms with Crippen LogP contribution >= 0.6 is 12.2 Å². The maximum Gasteiger partial charge on any atom is 0.171 e. The molecule has 0 aliphatic carbocycles. The number of fused-ring (bicyclic) bond motifs is 1. The molecule has 2 aromatic rings. The van der Waals surface area contributed by atoms with E-state index in [1.807, 2.05) is 32.0 Å². The summed E-state index contributed by atoms with van der Waals surface area (Å²) in [7, 11) is 1.63. The maximum absolute atomic E-state index is 13.8. The molecule has 0 unspecified atom stereocenters. The van der Waals surface area contributed by atoms with Crippen molar-refractivity contribution in [3.8, 4) is 11.5 Å². The van der Waals surface area contributed by atoms with Gasteiger partial charge in [0.15, 0.2) is 5.11 Å². The Kier molecular flexibility index (Phi) is 4.81. The van der Waals surface area contributed by atoms with Crippen molar-refractivity contribution in [2.75, 3.05) is 12.4 Å². The number of thiocarbonyl (C=S) groups is 1. The lowest BCUT2D eigenvalue weighted by Gasteiger charge is -2.38. The Morgan fingerprint density at radius 2 is 2.04 bits per heavy atom. The van der Waals surface area contributed by atoms with E-state index in [2.05, 4.69) is 10.6 Å². The normalized spacial score (nSPS) is 17.8. The monoisotopic (exact) mass is 360 g/mol. The number of hydrogen-bond acceptors (Lipinski definition) is 3. The molecule has 132 valence electrons. The third kappa shape index (κ3) is 4.02. The fourth-order valence-electron chi connectivity index (χ4n) is 2.97. The van der Waals surface area contributed by atoms with Gasteiger partial charge in [-0.25, -0.2) is 4.39 Å². The minimum Gasteiger partial charge on any atom is -0.497 e. The summed E-state index contributed by atoms with van der Waals surface area (Å²) in [5.74, 6) is 1.20. The van der Waals surface area contributed by atoms with Crippen LogP contribution in [-0.4, -0.2) is 17.8 Å². The summed E-state index contributed by atoms with van der Waals surface area (Å²) >= 11 is 5.38. The van der Waals surface area contributed by atoms with Crippen LogP contribution in [-0.2, 0) is 0 Å². The highest BCUT2D eigenvalue weighted by Gasteiger charge is 2.34. The van der Waals surface area contributed by atoms with Crippen molar-refractivity contribution in [1.29, 1.82) is 0 Å². The number of ether oxygens (including phenoxy) is 2. The van der Waals surface area contributed by atoms with Crippen LogP contribution in [0.25, 0.3) is 0 Å². The van der Waals surface area contributed by atoms with E-state index in [9.17, 15) is 4.39 Å². The minimum absolute atomic E-state index is 0.0689. The molecular weight excluding hydrogens is 339 g/mol. The Morgan fingerprint density at radius 1 is 1.28 bits per heavy atom. The molecule has 0 radical (unpaired) electrons. The minimum atomic E-state index is -0.346. The lowest BCUT2D eigenvalue weighted by atomic mass is 9.89. The molecule has 6 heteroatoms. The number of rotatable bonds is 3. The predicted octanol–water partition coefficient (Wildman–Crippen LogP) is 4.42. The number of anilines is 1. The molecule has 1 aliphatic heterocycles. The topological polar surface area (TPSA) is 42.5 Å². The summed E-state index contributed by atoms with van der Waals surface area (Å²) in [6.07, 6.45) is 0.715. The van der Waals surface area contributed by atoms with E-state index >= 15 is 0 Å². The molecule has 0 bridgehead atoms. The van der Waals surface area contributed by atoms with E-state index in [4.69, 9.17) is 21.7 Å². The summed E-state index contributed by atoms with van der Waals surface area (Å²) in [5.41, 5.74) is 0.973. The molecule has 0 spiro atoms. The van der Waals surface area contributed by atoms with Gasteiger partial charge in [-0.3, -0.25) is 0 Å². The molecule has 0 fully saturated rings. The highest BCUT2D eigenvalue weighted by molar-refractivity contribution is 7.80. The Balaban J connectivity index is 1.82. The van der Waals surface area contributed by atoms with Gasteiger partial charge in [0, 0.05) is 12.0 Å². The number of para-hydroxylation sites is 1. The first-order valence-corrected chi connectivity index (χ1v) is 8.48. The van der Waals surface area contributed by atoms with Gasteiger partial charge in [0.25, 0.3) is 0 Å². The highest BCUT2D eigenvalue weighted by atomic mass is 32.1. The summed E-state index contributed by atoms with van der Waals surface area (Å²) in [5, 5.41) is 6.56. The molecule has 4 nitrogen and oxygen atoms in total. The van der Waals surface area contributed by atoms with Crippen LogP contribution in [0.15, 0.2) is 42.5 Å². The van der Waals surface area contributed by atoms with E-state index in [1.54, 1.807) is 25.3 Å². The average molecular weight is 360 g/mol. The number of methoxy groups -OCH3 is 1. The summed E-state index contributed by atoms with van der Waals surface area (Å²) in [4.78, 5) is 0. The number of nitrogens with one attached hydrogen (secondary N) is 2. The lowest BCUT2D eigenvalue weighted by Crippen LogP contribution is -2.42. The van der Waals surface area contributed by atoms with Crippen LogP contribution < -0.4 is 20.1 Å². The summed E-state index contributed by atoms with van der Waals surface area (Å²) in [6, 6.07) is 12.1. The zero-order chi connectivity index (χ0) is 18.0. The van der Waals surface area contributed by atoms with Crippen molar-refractivity contribution in [3.63, 3.8) is 0 Å². The Labute approximate surface area is 152 Å². The third-order valence-electron chi connectivity index (χ3n) is 4.10. The van der Waals surface area contributed by atoms with Gasteiger partial charge in [-0.05, 0) is 56.4 Å². The molecule has 0 saturated carbocycles. The van der Waals surface area contributed by atoms with Gasteiger partial charge in [-0.1, -0.05) is 12.1 Å². The number of benzene rings is 2. The fourth-order valence-corrected chi connectivity index (χ4v) is 3.22. The van der Waals surface area contributed by atoms with E-state index < -0.39 is 0 Å². The molecule has 0 saturated heterocycles. The lowest BCUT2D eigenvalue weighted by molar-refractivity contribution is 0.0695. The van der Waals surface area contributed by atoms with Crippen LogP contribution in [0.1, 0.15) is 31.9 Å². The highest BCUT2D eigenvalue weighted by Crippen LogP contribution is 2.41. The molecule has 0 amide bonds. The van der Waals surface area contributed by atoms with Gasteiger partial charge in [-0.2, -0.15) is 0 Å². The van der Waals surface area contributed by atoms with Crippen molar-refractivity contribution in [3.05, 3.63) is 53.8 Å². The van der Waals surface area contributed by atoms with E-state index in [1.165, 1.54) is 6.07 Å². The zero-order valence-corrected chi connectivity index (χ0v) is 15.2. The SMILES string of the molecule is COc1ccc2c(c1)[C@@H](NC(=S)Nc1ccccc1F)CC(C)(C)O2. The standard InChI is InChI=1S/C19H21FN2O2S/c1-19(2)11-16(13-10-12(23-3)8-9-17(13)24-19)22-18(25)21-15-7-5-4-6-14(15)20/h4-10,16H,11H2,1-3H3,(H2,21,22,25)/t16-/m0/s1. The van der Waals surface area contributed by atoms with Gasteiger partial charge in [0.2, 0.25) is 0 Å². The van der Waals surface area contributed by atoms with Gasteiger partial charge in [-0.15, -0.1) is 0 Å². The van der Waals surface area contributed by atoms with Gasteiger partial charge < -0.3 is 20.1 Å².